The van der Waals surface area contributed by atoms with Gasteiger partial charge in [-0.1, -0.05) is 38.2 Å². The van der Waals surface area contributed by atoms with Crippen LogP contribution < -0.4 is 5.73 Å². The monoisotopic (exact) mass is 252 g/mol. The fourth-order valence-corrected chi connectivity index (χ4v) is 3.41. The zero-order valence-electron chi connectivity index (χ0n) is 12.5. The molecule has 0 aliphatic heterocycles. The number of hydrogen-bond donors (Lipinski definition) is 1. The standard InChI is InChI=1S/C16H32N2/c1-4-5-6-7-9-12-15(17)16(18(2)3)13-10-8-11-14-16/h4,15H,1,5-14,17H2,2-3H3. The Kier molecular flexibility index (Phi) is 6.95. The molecule has 1 atom stereocenters. The topological polar surface area (TPSA) is 29.3 Å². The number of hydrogen-bond acceptors (Lipinski definition) is 2. The van der Waals surface area contributed by atoms with Gasteiger partial charge in [0, 0.05) is 11.6 Å². The third-order valence-corrected chi connectivity index (χ3v) is 4.72. The van der Waals surface area contributed by atoms with E-state index in [0.29, 0.717) is 6.04 Å². The highest BCUT2D eigenvalue weighted by atomic mass is 15.2. The zero-order chi connectivity index (χ0) is 13.4. The summed E-state index contributed by atoms with van der Waals surface area (Å²) in [4.78, 5) is 2.40. The van der Waals surface area contributed by atoms with Crippen LogP contribution >= 0.6 is 0 Å². The number of likely N-dealkylation sites (N-methyl/N-ethyl adjacent to an activating group) is 1. The van der Waals surface area contributed by atoms with Crippen LogP contribution in [0, 0.1) is 0 Å². The Balaban J connectivity index is 2.39. The first-order valence-electron chi connectivity index (χ1n) is 7.67. The molecule has 2 nitrogen and oxygen atoms in total. The van der Waals surface area contributed by atoms with Gasteiger partial charge >= 0.3 is 0 Å². The molecular weight excluding hydrogens is 220 g/mol. The minimum atomic E-state index is 0.274. The molecule has 0 bridgehead atoms. The molecule has 18 heavy (non-hydrogen) atoms. The van der Waals surface area contributed by atoms with E-state index < -0.39 is 0 Å². The van der Waals surface area contributed by atoms with Crippen LogP contribution in [-0.4, -0.2) is 30.6 Å². The van der Waals surface area contributed by atoms with Crippen molar-refractivity contribution in [1.29, 1.82) is 0 Å². The Bertz CT molecular complexity index is 229. The lowest BCUT2D eigenvalue weighted by Gasteiger charge is -2.47. The van der Waals surface area contributed by atoms with Gasteiger partial charge in [-0.2, -0.15) is 0 Å². The molecule has 1 rings (SSSR count). The lowest BCUT2D eigenvalue weighted by Crippen LogP contribution is -2.58. The second-order valence-corrected chi connectivity index (χ2v) is 6.09. The normalized spacial score (nSPS) is 20.9. The molecule has 1 fully saturated rings. The number of rotatable bonds is 8. The quantitative estimate of drug-likeness (QED) is 0.527. The van der Waals surface area contributed by atoms with E-state index in [-0.39, 0.29) is 5.54 Å². The van der Waals surface area contributed by atoms with Crippen molar-refractivity contribution in [1.82, 2.24) is 4.90 Å². The van der Waals surface area contributed by atoms with Gasteiger partial charge in [0.1, 0.15) is 0 Å². The molecule has 0 radical (unpaired) electrons. The van der Waals surface area contributed by atoms with E-state index in [1.54, 1.807) is 0 Å². The number of nitrogens with zero attached hydrogens (tertiary/aromatic N) is 1. The number of unbranched alkanes of at least 4 members (excludes halogenated alkanes) is 3. The molecule has 0 heterocycles. The third-order valence-electron chi connectivity index (χ3n) is 4.72. The summed E-state index contributed by atoms with van der Waals surface area (Å²) in [6, 6.07) is 0.344. The van der Waals surface area contributed by atoms with Gasteiger partial charge in [-0.15, -0.1) is 6.58 Å². The van der Waals surface area contributed by atoms with Gasteiger partial charge in [-0.3, -0.25) is 0 Å². The molecule has 1 unspecified atom stereocenters. The second kappa shape index (κ2) is 7.96. The van der Waals surface area contributed by atoms with E-state index in [2.05, 4.69) is 25.6 Å². The third kappa shape index (κ3) is 4.10. The maximum atomic E-state index is 6.54. The first-order valence-corrected chi connectivity index (χ1v) is 7.67. The van der Waals surface area contributed by atoms with E-state index in [1.807, 2.05) is 6.08 Å². The summed E-state index contributed by atoms with van der Waals surface area (Å²) >= 11 is 0. The maximum absolute atomic E-state index is 6.54. The van der Waals surface area contributed by atoms with Crippen molar-refractivity contribution >= 4 is 0 Å². The number of nitrogens with two attached hydrogens (primary N) is 1. The van der Waals surface area contributed by atoms with E-state index in [0.717, 1.165) is 6.42 Å². The van der Waals surface area contributed by atoms with Gasteiger partial charge in [0.25, 0.3) is 0 Å². The second-order valence-electron chi connectivity index (χ2n) is 6.09. The predicted molar refractivity (Wildman–Crippen MR) is 80.8 cm³/mol. The van der Waals surface area contributed by atoms with Crippen molar-refractivity contribution < 1.29 is 0 Å². The van der Waals surface area contributed by atoms with Crippen LogP contribution in [0.4, 0.5) is 0 Å². The SMILES string of the molecule is C=CCCCCCC(N)C1(N(C)C)CCCCC1. The van der Waals surface area contributed by atoms with E-state index in [4.69, 9.17) is 5.73 Å². The summed E-state index contributed by atoms with van der Waals surface area (Å²) in [6.07, 6.45) is 14.8. The molecule has 0 aromatic heterocycles. The Hall–Kier alpha value is -0.340. The molecular formula is C16H32N2. The van der Waals surface area contributed by atoms with Crippen molar-refractivity contribution in [3.8, 4) is 0 Å². The van der Waals surface area contributed by atoms with Gasteiger partial charge < -0.3 is 10.6 Å². The molecule has 0 saturated heterocycles. The van der Waals surface area contributed by atoms with Crippen LogP contribution in [0.5, 0.6) is 0 Å². The maximum Gasteiger partial charge on any atom is 0.0354 e. The lowest BCUT2D eigenvalue weighted by molar-refractivity contribution is 0.0675. The molecule has 1 aliphatic carbocycles. The molecule has 106 valence electrons. The highest BCUT2D eigenvalue weighted by Crippen LogP contribution is 2.35. The largest absolute Gasteiger partial charge is 0.326 e. The van der Waals surface area contributed by atoms with Crippen LogP contribution in [-0.2, 0) is 0 Å². The molecule has 1 aliphatic rings. The number of allylic oxidation sites excluding steroid dienone is 1. The average Bonchev–Trinajstić information content (AvgIpc) is 2.39. The Morgan fingerprint density at radius 2 is 1.83 bits per heavy atom. The van der Waals surface area contributed by atoms with Gasteiger partial charge in [0.2, 0.25) is 0 Å². The Morgan fingerprint density at radius 1 is 1.17 bits per heavy atom. The summed E-state index contributed by atoms with van der Waals surface area (Å²) in [7, 11) is 4.42. The molecule has 2 heteroatoms. The summed E-state index contributed by atoms with van der Waals surface area (Å²) in [5, 5.41) is 0. The van der Waals surface area contributed by atoms with Gasteiger partial charge in [-0.05, 0) is 46.2 Å². The highest BCUT2D eigenvalue weighted by molar-refractivity contribution is 4.98. The minimum absolute atomic E-state index is 0.274. The minimum Gasteiger partial charge on any atom is -0.326 e. The zero-order valence-corrected chi connectivity index (χ0v) is 12.5. The van der Waals surface area contributed by atoms with Gasteiger partial charge in [0.05, 0.1) is 0 Å². The molecule has 0 aromatic carbocycles. The van der Waals surface area contributed by atoms with E-state index in [1.165, 1.54) is 57.8 Å². The summed E-state index contributed by atoms with van der Waals surface area (Å²) < 4.78 is 0. The fraction of sp³-hybridized carbons (Fsp3) is 0.875. The molecule has 0 aromatic rings. The average molecular weight is 252 g/mol. The van der Waals surface area contributed by atoms with Crippen molar-refractivity contribution in [3.63, 3.8) is 0 Å². The lowest BCUT2D eigenvalue weighted by atomic mass is 9.74. The molecule has 2 N–H and O–H groups in total. The van der Waals surface area contributed by atoms with E-state index in [9.17, 15) is 0 Å². The van der Waals surface area contributed by atoms with Crippen molar-refractivity contribution in [2.45, 2.75) is 75.8 Å². The molecule has 1 saturated carbocycles. The van der Waals surface area contributed by atoms with Crippen LogP contribution in [0.1, 0.15) is 64.2 Å². The first kappa shape index (κ1) is 15.7. The van der Waals surface area contributed by atoms with Crippen LogP contribution in [0.2, 0.25) is 0 Å². The van der Waals surface area contributed by atoms with E-state index >= 15 is 0 Å². The van der Waals surface area contributed by atoms with Crippen molar-refractivity contribution in [2.75, 3.05) is 14.1 Å². The van der Waals surface area contributed by atoms with Gasteiger partial charge in [0.15, 0.2) is 0 Å². The van der Waals surface area contributed by atoms with Crippen LogP contribution in [0.25, 0.3) is 0 Å². The van der Waals surface area contributed by atoms with Crippen molar-refractivity contribution in [3.05, 3.63) is 12.7 Å². The summed E-state index contributed by atoms with van der Waals surface area (Å²) in [5.41, 5.74) is 6.81. The predicted octanol–water partition coefficient (Wildman–Crippen LogP) is 3.71. The van der Waals surface area contributed by atoms with Crippen LogP contribution in [0.15, 0.2) is 12.7 Å². The van der Waals surface area contributed by atoms with Crippen molar-refractivity contribution in [2.24, 2.45) is 5.73 Å². The van der Waals surface area contributed by atoms with Gasteiger partial charge in [-0.25, -0.2) is 0 Å². The Labute approximate surface area is 114 Å². The first-order chi connectivity index (χ1) is 8.63. The molecule has 0 spiro atoms. The highest BCUT2D eigenvalue weighted by Gasteiger charge is 2.39. The molecule has 0 amide bonds. The smallest absolute Gasteiger partial charge is 0.0354 e. The summed E-state index contributed by atoms with van der Waals surface area (Å²) in [5.74, 6) is 0. The summed E-state index contributed by atoms with van der Waals surface area (Å²) in [6.45, 7) is 3.77. The fourth-order valence-electron chi connectivity index (χ4n) is 3.41. The Morgan fingerprint density at radius 3 is 2.39 bits per heavy atom. The van der Waals surface area contributed by atoms with Crippen LogP contribution in [0.3, 0.4) is 0 Å².